The Hall–Kier alpha value is -6.45. The number of nitrogens with one attached hydrogen (secondary N) is 3. The highest BCUT2D eigenvalue weighted by Crippen LogP contribution is 2.27. The number of methoxy groups -OCH3 is 1. The zero-order chi connectivity index (χ0) is 59.3. The molecule has 12 atom stereocenters. The van der Waals surface area contributed by atoms with Gasteiger partial charge < -0.3 is 54.9 Å². The second kappa shape index (κ2) is 29.1. The smallest absolute Gasteiger partial charge is 0.329 e. The van der Waals surface area contributed by atoms with Crippen molar-refractivity contribution in [3.05, 3.63) is 29.8 Å². The summed E-state index contributed by atoms with van der Waals surface area (Å²) in [6.07, 6.45) is -3.76. The minimum Gasteiger partial charge on any atom is -0.497 e. The molecule has 0 saturated carbocycles. The fourth-order valence-electron chi connectivity index (χ4n) is 10.5. The van der Waals surface area contributed by atoms with Crippen LogP contribution >= 0.6 is 0 Å². The lowest BCUT2D eigenvalue weighted by molar-refractivity contribution is -0.163. The maximum Gasteiger partial charge on any atom is 0.329 e. The van der Waals surface area contributed by atoms with E-state index in [1.54, 1.807) is 52.0 Å². The summed E-state index contributed by atoms with van der Waals surface area (Å²) < 4.78 is 17.2. The number of ether oxygens (including phenoxy) is 3. The number of nitrogens with zero attached hydrogens (tertiary/aromatic N) is 4. The molecule has 22 nitrogen and oxygen atoms in total. The van der Waals surface area contributed by atoms with Crippen molar-refractivity contribution in [3.8, 4) is 5.75 Å². The molecule has 79 heavy (non-hydrogen) atoms. The van der Waals surface area contributed by atoms with E-state index in [2.05, 4.69) is 16.0 Å². The summed E-state index contributed by atoms with van der Waals surface area (Å²) in [5.41, 5.74) is 0.566. The maximum atomic E-state index is 15.0. The Morgan fingerprint density at radius 3 is 2.06 bits per heavy atom. The van der Waals surface area contributed by atoms with Crippen LogP contribution in [0.3, 0.4) is 0 Å². The van der Waals surface area contributed by atoms with Crippen LogP contribution in [-0.4, -0.2) is 184 Å². The predicted octanol–water partition coefficient (Wildman–Crippen LogP) is 2.52. The molecule has 0 aliphatic carbocycles. The van der Waals surface area contributed by atoms with Crippen LogP contribution in [-0.2, 0) is 68.6 Å². The number of esters is 2. The number of aliphatic hydroxyl groups is 1. The highest BCUT2D eigenvalue weighted by atomic mass is 16.6. The first kappa shape index (κ1) is 65.1. The van der Waals surface area contributed by atoms with Gasteiger partial charge in [-0.25, -0.2) is 4.79 Å². The molecule has 3 aliphatic rings. The number of rotatable bonds is 15. The Bertz CT molecular complexity index is 2380. The summed E-state index contributed by atoms with van der Waals surface area (Å²) >= 11 is 0. The van der Waals surface area contributed by atoms with Gasteiger partial charge in [-0.15, -0.1) is 0 Å². The fourth-order valence-corrected chi connectivity index (χ4v) is 10.5. The molecule has 3 aliphatic heterocycles. The fraction of sp³-hybridized carbons (Fsp3) is 0.702. The van der Waals surface area contributed by atoms with Gasteiger partial charge >= 0.3 is 11.9 Å². The quantitative estimate of drug-likeness (QED) is 0.112. The number of amides is 7. The number of carbonyl (C=O) groups is 11. The number of cyclic esters (lactones) is 2. The molecule has 0 bridgehead atoms. The topological polar surface area (TPSA) is 285 Å². The van der Waals surface area contributed by atoms with Crippen LogP contribution in [0.5, 0.6) is 5.75 Å². The number of likely N-dealkylation sites (N-methyl/N-ethyl adjacent to an activating group) is 2. The van der Waals surface area contributed by atoms with Gasteiger partial charge in [0, 0.05) is 40.5 Å². The van der Waals surface area contributed by atoms with Crippen molar-refractivity contribution in [1.82, 2.24) is 35.6 Å². The van der Waals surface area contributed by atoms with Crippen molar-refractivity contribution in [2.24, 2.45) is 29.6 Å². The van der Waals surface area contributed by atoms with Crippen molar-refractivity contribution in [1.29, 1.82) is 0 Å². The zero-order valence-corrected chi connectivity index (χ0v) is 48.7. The standard InChI is InChI=1S/C57H87N7O15/c1-15-33(8)46-44(66)29-45(67)79-49(32(6)7)48(68)34(9)50(69)58-39(26-30(2)3)54(73)64-25-17-19-41(64)56(75)62(13)43(28-37-20-22-38(77-14)23-21-37)57(76)78-36(11)47(52(71)59-46)60-51(70)42(27-31(4)5)61(12)55(74)40-18-16-24-63(40)53(72)35(10)65/h20-23,30-34,36,39-44,46-47,49,66H,15-19,24-29H2,1-14H3,(H,58,69)(H,59,71)(H,60,70)/t33-,34-,36+,39-,40-,41+,42+,43-,44-,46+,47-,49-/m0/s1. The van der Waals surface area contributed by atoms with Crippen LogP contribution in [0, 0.1) is 29.6 Å². The van der Waals surface area contributed by atoms with Gasteiger partial charge in [-0.2, -0.15) is 0 Å². The van der Waals surface area contributed by atoms with Gasteiger partial charge in [0.2, 0.25) is 41.2 Å². The van der Waals surface area contributed by atoms with E-state index in [0.717, 1.165) is 6.92 Å². The number of hydrogen-bond donors (Lipinski definition) is 4. The Balaban J connectivity index is 1.89. The third-order valence-electron chi connectivity index (χ3n) is 15.4. The molecule has 22 heteroatoms. The molecule has 4 N–H and O–H groups in total. The van der Waals surface area contributed by atoms with Crippen LogP contribution in [0.1, 0.15) is 133 Å². The molecule has 1 aromatic carbocycles. The van der Waals surface area contributed by atoms with Crippen molar-refractivity contribution in [3.63, 3.8) is 0 Å². The van der Waals surface area contributed by atoms with Crippen LogP contribution in [0.4, 0.5) is 0 Å². The van der Waals surface area contributed by atoms with Crippen molar-refractivity contribution < 1.29 is 72.1 Å². The normalized spacial score (nSPS) is 27.2. The Morgan fingerprint density at radius 1 is 0.861 bits per heavy atom. The Kier molecular flexibility index (Phi) is 24.0. The van der Waals surface area contributed by atoms with Crippen molar-refractivity contribution in [2.75, 3.05) is 34.3 Å². The lowest BCUT2D eigenvalue weighted by Crippen LogP contribution is -2.62. The Labute approximate surface area is 465 Å². The highest BCUT2D eigenvalue weighted by molar-refractivity contribution is 6.35. The molecule has 440 valence electrons. The third kappa shape index (κ3) is 16.8. The van der Waals surface area contributed by atoms with Gasteiger partial charge in [0.15, 0.2) is 11.9 Å². The molecule has 7 amide bonds. The average Bonchev–Trinajstić information content (AvgIpc) is 4.13. The van der Waals surface area contributed by atoms with E-state index >= 15 is 0 Å². The monoisotopic (exact) mass is 1110 g/mol. The molecular formula is C57H87N7O15. The molecule has 4 rings (SSSR count). The number of aliphatic hydroxyl groups excluding tert-OH is 1. The number of ketones is 2. The minimum absolute atomic E-state index is 0.0545. The van der Waals surface area contributed by atoms with E-state index in [9.17, 15) is 57.8 Å². The van der Waals surface area contributed by atoms with Crippen LogP contribution in [0.2, 0.25) is 0 Å². The number of fused-ring (bicyclic) bond motifs is 1. The largest absolute Gasteiger partial charge is 0.497 e. The summed E-state index contributed by atoms with van der Waals surface area (Å²) in [4.78, 5) is 160. The molecule has 0 spiro atoms. The van der Waals surface area contributed by atoms with E-state index in [4.69, 9.17) is 14.2 Å². The van der Waals surface area contributed by atoms with Gasteiger partial charge in [0.1, 0.15) is 48.1 Å². The number of benzene rings is 1. The lowest BCUT2D eigenvalue weighted by Gasteiger charge is -2.36. The van der Waals surface area contributed by atoms with Gasteiger partial charge in [-0.1, -0.05) is 73.9 Å². The third-order valence-corrected chi connectivity index (χ3v) is 15.4. The van der Waals surface area contributed by atoms with Gasteiger partial charge in [-0.3, -0.25) is 47.9 Å². The van der Waals surface area contributed by atoms with Gasteiger partial charge in [0.25, 0.3) is 5.91 Å². The number of hydrogen-bond acceptors (Lipinski definition) is 15. The highest BCUT2D eigenvalue weighted by Gasteiger charge is 2.46. The summed E-state index contributed by atoms with van der Waals surface area (Å²) in [5, 5.41) is 20.1. The molecule has 0 unspecified atom stereocenters. The average molecular weight is 1110 g/mol. The molecule has 3 saturated heterocycles. The Morgan fingerprint density at radius 2 is 1.49 bits per heavy atom. The number of carbonyl (C=O) groups excluding carboxylic acids is 11. The first-order valence-electron chi connectivity index (χ1n) is 27.9. The molecule has 0 radical (unpaired) electrons. The first-order valence-corrected chi connectivity index (χ1v) is 27.9. The summed E-state index contributed by atoms with van der Waals surface area (Å²) in [6, 6.07) is -2.32. The minimum atomic E-state index is -1.78. The second-order valence-electron chi connectivity index (χ2n) is 22.8. The van der Waals surface area contributed by atoms with Crippen LogP contribution < -0.4 is 20.7 Å². The second-order valence-corrected chi connectivity index (χ2v) is 22.8. The van der Waals surface area contributed by atoms with E-state index in [-0.39, 0.29) is 57.0 Å². The van der Waals surface area contributed by atoms with Crippen molar-refractivity contribution in [2.45, 2.75) is 195 Å². The molecule has 3 fully saturated rings. The molecule has 1 aromatic rings. The number of Topliss-reactive ketones (excluding diaryl/α,β-unsaturated/α-hetero) is 2. The van der Waals surface area contributed by atoms with E-state index in [1.807, 2.05) is 27.7 Å². The summed E-state index contributed by atoms with van der Waals surface area (Å²) in [5.74, 6) is -11.3. The predicted molar refractivity (Wildman–Crippen MR) is 289 cm³/mol. The van der Waals surface area contributed by atoms with E-state index in [0.29, 0.717) is 30.6 Å². The molecular weight excluding hydrogens is 1020 g/mol. The zero-order valence-electron chi connectivity index (χ0n) is 48.7. The van der Waals surface area contributed by atoms with E-state index < -0.39 is 150 Å². The van der Waals surface area contributed by atoms with Gasteiger partial charge in [0.05, 0.1) is 31.6 Å². The molecule has 0 aromatic heterocycles. The maximum absolute atomic E-state index is 15.0. The summed E-state index contributed by atoms with van der Waals surface area (Å²) in [7, 11) is 4.26. The lowest BCUT2D eigenvalue weighted by atomic mass is 9.91. The van der Waals surface area contributed by atoms with Crippen LogP contribution in [0.15, 0.2) is 24.3 Å². The number of likely N-dealkylation sites (tertiary alicyclic amines) is 1. The summed E-state index contributed by atoms with van der Waals surface area (Å²) in [6.45, 7) is 18.1. The van der Waals surface area contributed by atoms with Crippen molar-refractivity contribution >= 4 is 64.9 Å². The first-order chi connectivity index (χ1) is 37.0. The van der Waals surface area contributed by atoms with E-state index in [1.165, 1.54) is 54.7 Å². The SMILES string of the molecule is CC[C@H](C)[C@H]1NC(=O)[C@@H](NC(=O)[C@@H](CC(C)C)N(C)C(=O)[C@@H]2CCCN2C(=O)C(C)=O)[C@@H](C)OC(=O)[C@H](Cc2ccc(OC)cc2)N(C)C(=O)[C@H]2CCCN2C(=O)[C@H](CC(C)C)NC(=O)[C@@H](C)C(=O)[C@H](C(C)C)OC(=O)C[C@@H]1O. The molecule has 3 heterocycles. The van der Waals surface area contributed by atoms with Gasteiger partial charge in [-0.05, 0) is 93.7 Å². The van der Waals surface area contributed by atoms with Crippen LogP contribution in [0.25, 0.3) is 0 Å².